The number of ether oxygens (including phenoxy) is 1. The zero-order valence-corrected chi connectivity index (χ0v) is 9.69. The Labute approximate surface area is 96.1 Å². The molecule has 0 fully saturated rings. The molecule has 3 heteroatoms. The highest BCUT2D eigenvalue weighted by Gasteiger charge is 2.02. The molecule has 0 aliphatic carbocycles. The molecular formula is C13H17NO2. The number of benzene rings is 1. The van der Waals surface area contributed by atoms with E-state index in [1.54, 1.807) is 0 Å². The third-order valence-corrected chi connectivity index (χ3v) is 2.09. The summed E-state index contributed by atoms with van der Waals surface area (Å²) >= 11 is 0. The van der Waals surface area contributed by atoms with Gasteiger partial charge in [-0.05, 0) is 31.7 Å². The lowest BCUT2D eigenvalue weighted by Gasteiger charge is -2.06. The summed E-state index contributed by atoms with van der Waals surface area (Å²) in [6.07, 6.45) is 4.80. The van der Waals surface area contributed by atoms with Crippen LogP contribution in [0.2, 0.25) is 0 Å². The van der Waals surface area contributed by atoms with Crippen LogP contribution in [-0.4, -0.2) is 26.5 Å². The summed E-state index contributed by atoms with van der Waals surface area (Å²) in [5.41, 5.74) is 1.59. The van der Waals surface area contributed by atoms with Crippen molar-refractivity contribution in [2.24, 2.45) is 0 Å². The highest BCUT2D eigenvalue weighted by atomic mass is 16.5. The van der Waals surface area contributed by atoms with E-state index in [0.717, 1.165) is 18.4 Å². The van der Waals surface area contributed by atoms with E-state index in [1.807, 2.05) is 44.3 Å². The number of carbonyl (C=O) groups excluding carboxylic acids is 1. The molecule has 0 atom stereocenters. The average molecular weight is 219 g/mol. The number of rotatable bonds is 6. The topological polar surface area (TPSA) is 38.3 Å². The summed E-state index contributed by atoms with van der Waals surface area (Å²) in [5.74, 6) is 0.642. The normalized spacial score (nSPS) is 10.6. The Bertz CT molecular complexity index is 372. The maximum atomic E-state index is 10.9. The van der Waals surface area contributed by atoms with E-state index < -0.39 is 0 Å². The predicted molar refractivity (Wildman–Crippen MR) is 66.0 cm³/mol. The molecule has 16 heavy (non-hydrogen) atoms. The van der Waals surface area contributed by atoms with Crippen molar-refractivity contribution in [2.75, 3.05) is 20.2 Å². The maximum absolute atomic E-state index is 10.9. The zero-order chi connectivity index (χ0) is 11.8. The molecule has 0 aliphatic rings. The van der Waals surface area contributed by atoms with Crippen LogP contribution in [0.4, 0.5) is 0 Å². The van der Waals surface area contributed by atoms with E-state index in [2.05, 4.69) is 5.32 Å². The Hall–Kier alpha value is -1.61. The first-order valence-corrected chi connectivity index (χ1v) is 5.35. The van der Waals surface area contributed by atoms with Crippen LogP contribution in [0.25, 0.3) is 6.08 Å². The second-order valence-electron chi connectivity index (χ2n) is 3.31. The van der Waals surface area contributed by atoms with Crippen molar-refractivity contribution in [1.82, 2.24) is 5.32 Å². The van der Waals surface area contributed by atoms with Crippen molar-refractivity contribution in [3.63, 3.8) is 0 Å². The number of carbonyl (C=O) groups is 1. The Kier molecular flexibility index (Phi) is 5.29. The quantitative estimate of drug-likeness (QED) is 0.745. The van der Waals surface area contributed by atoms with Crippen LogP contribution < -0.4 is 10.1 Å². The fourth-order valence-corrected chi connectivity index (χ4v) is 1.36. The van der Waals surface area contributed by atoms with E-state index in [9.17, 15) is 4.79 Å². The zero-order valence-electron chi connectivity index (χ0n) is 9.69. The Morgan fingerprint density at radius 2 is 2.25 bits per heavy atom. The number of hydrogen-bond donors (Lipinski definition) is 1. The lowest BCUT2D eigenvalue weighted by molar-refractivity contribution is 0.112. The molecule has 1 rings (SSSR count). The van der Waals surface area contributed by atoms with Gasteiger partial charge in [0.1, 0.15) is 5.75 Å². The van der Waals surface area contributed by atoms with Crippen LogP contribution in [0.5, 0.6) is 5.75 Å². The highest BCUT2D eigenvalue weighted by molar-refractivity contribution is 5.80. The second kappa shape index (κ2) is 6.80. The first-order valence-electron chi connectivity index (χ1n) is 5.35. The summed E-state index contributed by atoms with van der Waals surface area (Å²) in [5, 5.41) is 3.02. The fourth-order valence-electron chi connectivity index (χ4n) is 1.36. The van der Waals surface area contributed by atoms with Crippen LogP contribution in [0.15, 0.2) is 24.3 Å². The van der Waals surface area contributed by atoms with Gasteiger partial charge in [-0.25, -0.2) is 0 Å². The molecule has 0 aromatic heterocycles. The van der Waals surface area contributed by atoms with Gasteiger partial charge in [-0.1, -0.05) is 18.2 Å². The van der Waals surface area contributed by atoms with Crippen LogP contribution in [0.3, 0.4) is 0 Å². The first-order chi connectivity index (χ1) is 7.81. The molecule has 86 valence electrons. The van der Waals surface area contributed by atoms with Gasteiger partial charge in [0.05, 0.1) is 12.2 Å². The number of nitrogens with one attached hydrogen (secondary N) is 1. The molecule has 0 aliphatic heterocycles. The average Bonchev–Trinajstić information content (AvgIpc) is 2.31. The van der Waals surface area contributed by atoms with Crippen molar-refractivity contribution in [1.29, 1.82) is 0 Å². The number of aldehydes is 1. The third kappa shape index (κ3) is 3.51. The van der Waals surface area contributed by atoms with Crippen LogP contribution in [0.1, 0.15) is 22.8 Å². The molecule has 0 saturated carbocycles. The van der Waals surface area contributed by atoms with Gasteiger partial charge in [0, 0.05) is 6.54 Å². The molecule has 0 heterocycles. The van der Waals surface area contributed by atoms with Crippen LogP contribution in [0, 0.1) is 0 Å². The standard InChI is InChI=1S/C13H17NO2/c1-3-16-13-7-6-11(5-4-8-14-2)9-12(13)10-15/h4-7,9-10,14H,3,8H2,1-2H3. The summed E-state index contributed by atoms with van der Waals surface area (Å²) < 4.78 is 5.34. The van der Waals surface area contributed by atoms with Gasteiger partial charge in [0.15, 0.2) is 6.29 Å². The van der Waals surface area contributed by atoms with Gasteiger partial charge in [0.2, 0.25) is 0 Å². The second-order valence-corrected chi connectivity index (χ2v) is 3.31. The van der Waals surface area contributed by atoms with E-state index in [-0.39, 0.29) is 0 Å². The van der Waals surface area contributed by atoms with Gasteiger partial charge in [0.25, 0.3) is 0 Å². The van der Waals surface area contributed by atoms with E-state index in [4.69, 9.17) is 4.74 Å². The SMILES string of the molecule is CCOc1ccc(C=CCNC)cc1C=O. The molecule has 1 N–H and O–H groups in total. The Morgan fingerprint density at radius 1 is 1.44 bits per heavy atom. The Morgan fingerprint density at radius 3 is 2.88 bits per heavy atom. The van der Waals surface area contributed by atoms with E-state index in [0.29, 0.717) is 17.9 Å². The Balaban J connectivity index is 2.86. The molecule has 0 amide bonds. The summed E-state index contributed by atoms with van der Waals surface area (Å²) in [7, 11) is 1.89. The minimum Gasteiger partial charge on any atom is -0.493 e. The molecule has 0 bridgehead atoms. The van der Waals surface area contributed by atoms with Gasteiger partial charge >= 0.3 is 0 Å². The molecule has 0 radical (unpaired) electrons. The first kappa shape index (κ1) is 12.5. The monoisotopic (exact) mass is 219 g/mol. The van der Waals surface area contributed by atoms with Gasteiger partial charge in [-0.3, -0.25) is 4.79 Å². The molecular weight excluding hydrogens is 202 g/mol. The van der Waals surface area contributed by atoms with Crippen molar-refractivity contribution < 1.29 is 9.53 Å². The van der Waals surface area contributed by atoms with E-state index >= 15 is 0 Å². The lowest BCUT2D eigenvalue weighted by atomic mass is 10.1. The minimum atomic E-state index is 0.565. The van der Waals surface area contributed by atoms with E-state index in [1.165, 1.54) is 0 Å². The fraction of sp³-hybridized carbons (Fsp3) is 0.308. The molecule has 1 aromatic carbocycles. The molecule has 0 unspecified atom stereocenters. The molecule has 0 spiro atoms. The van der Waals surface area contributed by atoms with Crippen molar-refractivity contribution in [3.8, 4) is 5.75 Å². The van der Waals surface area contributed by atoms with Crippen molar-refractivity contribution in [3.05, 3.63) is 35.4 Å². The molecule has 1 aromatic rings. The number of hydrogen-bond acceptors (Lipinski definition) is 3. The van der Waals surface area contributed by atoms with Gasteiger partial charge < -0.3 is 10.1 Å². The van der Waals surface area contributed by atoms with Gasteiger partial charge in [-0.15, -0.1) is 0 Å². The van der Waals surface area contributed by atoms with Crippen molar-refractivity contribution >= 4 is 12.4 Å². The highest BCUT2D eigenvalue weighted by Crippen LogP contribution is 2.19. The van der Waals surface area contributed by atoms with Gasteiger partial charge in [-0.2, -0.15) is 0 Å². The lowest BCUT2D eigenvalue weighted by Crippen LogP contribution is -2.03. The maximum Gasteiger partial charge on any atom is 0.153 e. The predicted octanol–water partition coefficient (Wildman–Crippen LogP) is 2.13. The summed E-state index contributed by atoms with van der Waals surface area (Å²) in [4.78, 5) is 10.9. The summed E-state index contributed by atoms with van der Waals surface area (Å²) in [6, 6.07) is 5.58. The largest absolute Gasteiger partial charge is 0.493 e. The molecule has 3 nitrogen and oxygen atoms in total. The van der Waals surface area contributed by atoms with Crippen molar-refractivity contribution in [2.45, 2.75) is 6.92 Å². The summed E-state index contributed by atoms with van der Waals surface area (Å²) in [6.45, 7) is 3.27. The number of likely N-dealkylation sites (N-methyl/N-ethyl adjacent to an activating group) is 1. The smallest absolute Gasteiger partial charge is 0.153 e. The molecule has 0 saturated heterocycles. The third-order valence-electron chi connectivity index (χ3n) is 2.09. The minimum absolute atomic E-state index is 0.565. The van der Waals surface area contributed by atoms with Crippen LogP contribution in [-0.2, 0) is 0 Å². The van der Waals surface area contributed by atoms with Crippen LogP contribution >= 0.6 is 0 Å².